The molecule has 0 saturated carbocycles. The van der Waals surface area contributed by atoms with Gasteiger partial charge in [0.25, 0.3) is 5.69 Å². The topological polar surface area (TPSA) is 81.5 Å². The van der Waals surface area contributed by atoms with Crippen molar-refractivity contribution in [1.29, 1.82) is 0 Å². The van der Waals surface area contributed by atoms with Crippen LogP contribution < -0.4 is 5.32 Å². The Bertz CT molecular complexity index is 481. The second-order valence-electron chi connectivity index (χ2n) is 4.90. The van der Waals surface area contributed by atoms with Crippen molar-refractivity contribution in [3.8, 4) is 0 Å². The second kappa shape index (κ2) is 4.38. The van der Waals surface area contributed by atoms with Crippen LogP contribution in [0.25, 0.3) is 0 Å². The van der Waals surface area contributed by atoms with Gasteiger partial charge in [-0.3, -0.25) is 14.9 Å². The Balaban J connectivity index is 2.14. The maximum atomic E-state index is 11.8. The quantitative estimate of drug-likeness (QED) is 0.640. The molecule has 1 heterocycles. The first kappa shape index (κ1) is 12.5. The van der Waals surface area contributed by atoms with Gasteiger partial charge in [0, 0.05) is 17.7 Å². The van der Waals surface area contributed by atoms with Crippen LogP contribution in [0.1, 0.15) is 25.6 Å². The Kier molecular flexibility index (Phi) is 3.04. The molecule has 1 aromatic rings. The minimum absolute atomic E-state index is 0.0150. The molecule has 0 aliphatic carbocycles. The molecule has 1 atom stereocenters. The van der Waals surface area contributed by atoms with Gasteiger partial charge in [0.2, 0.25) is 5.91 Å². The number of amides is 1. The summed E-state index contributed by atoms with van der Waals surface area (Å²) in [6, 6.07) is 5.96. The van der Waals surface area contributed by atoms with Gasteiger partial charge in [0.05, 0.1) is 16.9 Å². The first-order chi connectivity index (χ1) is 8.40. The van der Waals surface area contributed by atoms with Crippen LogP contribution >= 0.6 is 0 Å². The van der Waals surface area contributed by atoms with Crippen molar-refractivity contribution in [2.24, 2.45) is 5.41 Å². The van der Waals surface area contributed by atoms with Gasteiger partial charge in [-0.2, -0.15) is 0 Å². The number of rotatable bonds is 2. The highest BCUT2D eigenvalue weighted by Gasteiger charge is 2.35. The lowest BCUT2D eigenvalue weighted by atomic mass is 9.92. The van der Waals surface area contributed by atoms with Crippen molar-refractivity contribution in [3.63, 3.8) is 0 Å². The number of carbonyl (C=O) groups is 1. The van der Waals surface area contributed by atoms with E-state index in [0.29, 0.717) is 12.2 Å². The van der Waals surface area contributed by atoms with Crippen LogP contribution in [0.2, 0.25) is 0 Å². The number of nitro benzene ring substituents is 1. The number of nitrogens with one attached hydrogen (secondary N) is 1. The Hall–Kier alpha value is -1.95. The summed E-state index contributed by atoms with van der Waals surface area (Å²) in [5.74, 6) is -0.0860. The summed E-state index contributed by atoms with van der Waals surface area (Å²) in [6.07, 6.45) is -0.536. The summed E-state index contributed by atoms with van der Waals surface area (Å²) in [5, 5.41) is 13.3. The lowest BCUT2D eigenvalue weighted by molar-refractivity contribution is -0.384. The highest BCUT2D eigenvalue weighted by atomic mass is 16.6. The molecule has 1 unspecified atom stereocenters. The van der Waals surface area contributed by atoms with Crippen LogP contribution in [0.3, 0.4) is 0 Å². The molecule has 1 aromatic carbocycles. The average Bonchev–Trinajstić information content (AvgIpc) is 2.33. The molecule has 18 heavy (non-hydrogen) atoms. The minimum atomic E-state index is -0.544. The van der Waals surface area contributed by atoms with E-state index >= 15 is 0 Å². The fraction of sp³-hybridized carbons (Fsp3) is 0.417. The summed E-state index contributed by atoms with van der Waals surface area (Å²) in [6.45, 7) is 3.92. The van der Waals surface area contributed by atoms with E-state index < -0.39 is 16.6 Å². The molecule has 0 spiro atoms. The molecule has 0 aromatic heterocycles. The van der Waals surface area contributed by atoms with Gasteiger partial charge in [-0.1, -0.05) is 0 Å². The van der Waals surface area contributed by atoms with Crippen molar-refractivity contribution < 1.29 is 14.5 Å². The van der Waals surface area contributed by atoms with Crippen LogP contribution in [-0.2, 0) is 9.53 Å². The Labute approximate surface area is 104 Å². The van der Waals surface area contributed by atoms with E-state index in [9.17, 15) is 14.9 Å². The van der Waals surface area contributed by atoms with Crippen LogP contribution in [0.4, 0.5) is 5.69 Å². The zero-order valence-corrected chi connectivity index (χ0v) is 10.2. The molecule has 1 aliphatic heterocycles. The highest BCUT2D eigenvalue weighted by Crippen LogP contribution is 2.28. The maximum Gasteiger partial charge on any atom is 0.269 e. The van der Waals surface area contributed by atoms with Crippen molar-refractivity contribution in [1.82, 2.24) is 5.32 Å². The Morgan fingerprint density at radius 2 is 2.00 bits per heavy atom. The van der Waals surface area contributed by atoms with Crippen molar-refractivity contribution in [2.45, 2.75) is 20.1 Å². The van der Waals surface area contributed by atoms with Gasteiger partial charge in [-0.05, 0) is 26.0 Å². The number of hydrogen-bond donors (Lipinski definition) is 1. The average molecular weight is 250 g/mol. The standard InChI is InChI=1S/C12H14N2O4/c1-12(2)7-18-10(13-11(12)15)8-3-5-9(6-4-8)14(16)17/h3-6,10H,7H2,1-2H3,(H,13,15). The van der Waals surface area contributed by atoms with E-state index in [1.54, 1.807) is 26.0 Å². The van der Waals surface area contributed by atoms with Gasteiger partial charge < -0.3 is 10.1 Å². The van der Waals surface area contributed by atoms with Gasteiger partial charge in [-0.15, -0.1) is 0 Å². The third kappa shape index (κ3) is 2.33. The molecule has 6 nitrogen and oxygen atoms in total. The van der Waals surface area contributed by atoms with E-state index in [1.165, 1.54) is 12.1 Å². The van der Waals surface area contributed by atoms with E-state index in [2.05, 4.69) is 5.32 Å². The molecule has 1 fully saturated rings. The van der Waals surface area contributed by atoms with Crippen LogP contribution in [0.5, 0.6) is 0 Å². The molecular formula is C12H14N2O4. The third-order valence-corrected chi connectivity index (χ3v) is 2.89. The zero-order chi connectivity index (χ0) is 13.3. The molecule has 6 heteroatoms. The molecule has 1 saturated heterocycles. The highest BCUT2D eigenvalue weighted by molar-refractivity contribution is 5.82. The maximum absolute atomic E-state index is 11.8. The molecule has 1 aliphatic rings. The lowest BCUT2D eigenvalue weighted by Gasteiger charge is -2.34. The summed E-state index contributed by atoms with van der Waals surface area (Å²) < 4.78 is 5.55. The smallest absolute Gasteiger partial charge is 0.269 e. The number of ether oxygens (including phenoxy) is 1. The Morgan fingerprint density at radius 1 is 1.39 bits per heavy atom. The van der Waals surface area contributed by atoms with Crippen LogP contribution in [0.15, 0.2) is 24.3 Å². The summed E-state index contributed by atoms with van der Waals surface area (Å²) in [4.78, 5) is 21.8. The van der Waals surface area contributed by atoms with Crippen molar-refractivity contribution in [3.05, 3.63) is 39.9 Å². The lowest BCUT2D eigenvalue weighted by Crippen LogP contribution is -2.48. The van der Waals surface area contributed by atoms with E-state index in [4.69, 9.17) is 4.74 Å². The predicted octanol–water partition coefficient (Wildman–Crippen LogP) is 1.77. The predicted molar refractivity (Wildman–Crippen MR) is 63.7 cm³/mol. The molecule has 0 bridgehead atoms. The van der Waals surface area contributed by atoms with Crippen molar-refractivity contribution in [2.75, 3.05) is 6.61 Å². The van der Waals surface area contributed by atoms with Gasteiger partial charge in [-0.25, -0.2) is 0 Å². The second-order valence-corrected chi connectivity index (χ2v) is 4.90. The van der Waals surface area contributed by atoms with Gasteiger partial charge in [0.15, 0.2) is 6.23 Å². The molecule has 96 valence electrons. The van der Waals surface area contributed by atoms with E-state index in [0.717, 1.165) is 0 Å². The van der Waals surface area contributed by atoms with E-state index in [-0.39, 0.29) is 11.6 Å². The molecule has 0 radical (unpaired) electrons. The van der Waals surface area contributed by atoms with Gasteiger partial charge >= 0.3 is 0 Å². The third-order valence-electron chi connectivity index (χ3n) is 2.89. The number of carbonyl (C=O) groups excluding carboxylic acids is 1. The first-order valence-corrected chi connectivity index (χ1v) is 5.57. The number of nitro groups is 1. The van der Waals surface area contributed by atoms with Crippen LogP contribution in [-0.4, -0.2) is 17.4 Å². The van der Waals surface area contributed by atoms with Crippen LogP contribution in [0, 0.1) is 15.5 Å². The fourth-order valence-electron chi connectivity index (χ4n) is 1.66. The summed E-state index contributed by atoms with van der Waals surface area (Å²) in [5.41, 5.74) is 0.169. The Morgan fingerprint density at radius 3 is 2.50 bits per heavy atom. The SMILES string of the molecule is CC1(C)COC(c2ccc([N+](=O)[O-])cc2)NC1=O. The van der Waals surface area contributed by atoms with E-state index in [1.807, 2.05) is 0 Å². The molecule has 1 N–H and O–H groups in total. The minimum Gasteiger partial charge on any atom is -0.353 e. The number of benzene rings is 1. The molecule has 2 rings (SSSR count). The van der Waals surface area contributed by atoms with Crippen molar-refractivity contribution >= 4 is 11.6 Å². The fourth-order valence-corrected chi connectivity index (χ4v) is 1.66. The monoisotopic (exact) mass is 250 g/mol. The largest absolute Gasteiger partial charge is 0.353 e. The molecule has 1 amide bonds. The number of nitrogens with zero attached hydrogens (tertiary/aromatic N) is 1. The van der Waals surface area contributed by atoms with Gasteiger partial charge in [0.1, 0.15) is 0 Å². The number of non-ortho nitro benzene ring substituents is 1. The zero-order valence-electron chi connectivity index (χ0n) is 10.2. The summed E-state index contributed by atoms with van der Waals surface area (Å²) >= 11 is 0. The number of hydrogen-bond acceptors (Lipinski definition) is 4. The first-order valence-electron chi connectivity index (χ1n) is 5.57. The summed E-state index contributed by atoms with van der Waals surface area (Å²) in [7, 11) is 0. The normalized spacial score (nSPS) is 22.3. The molecular weight excluding hydrogens is 236 g/mol.